The van der Waals surface area contributed by atoms with Crippen molar-refractivity contribution in [3.05, 3.63) is 0 Å². The summed E-state index contributed by atoms with van der Waals surface area (Å²) in [5, 5.41) is 9.97. The zero-order valence-electron chi connectivity index (χ0n) is 11.5. The number of nitrogens with zero attached hydrogens (tertiary/aromatic N) is 1. The highest BCUT2D eigenvalue weighted by Gasteiger charge is 2.23. The molecule has 0 aromatic rings. The minimum Gasteiger partial charge on any atom is -0.393 e. The maximum absolute atomic E-state index is 9.97. The average molecular weight is 227 g/mol. The lowest BCUT2D eigenvalue weighted by atomic mass is 9.87. The lowest BCUT2D eigenvalue weighted by molar-refractivity contribution is 0.0467. The average Bonchev–Trinajstić information content (AvgIpc) is 2.65. The number of aliphatic hydroxyl groups excluding tert-OH is 1. The maximum Gasteiger partial charge on any atom is 0.0600 e. The Balaban J connectivity index is 2.16. The molecule has 1 fully saturated rings. The third kappa shape index (κ3) is 4.84. The third-order valence-corrected chi connectivity index (χ3v) is 3.83. The third-order valence-electron chi connectivity index (χ3n) is 3.83. The van der Waals surface area contributed by atoms with Gasteiger partial charge in [0.1, 0.15) is 0 Å². The largest absolute Gasteiger partial charge is 0.393 e. The van der Waals surface area contributed by atoms with Gasteiger partial charge in [-0.25, -0.2) is 0 Å². The Morgan fingerprint density at radius 1 is 1.25 bits per heavy atom. The molecular weight excluding hydrogens is 198 g/mol. The molecule has 0 saturated heterocycles. The molecule has 1 atom stereocenters. The van der Waals surface area contributed by atoms with Gasteiger partial charge in [0, 0.05) is 13.1 Å². The lowest BCUT2D eigenvalue weighted by Gasteiger charge is -2.28. The molecule has 0 radical (unpaired) electrons. The van der Waals surface area contributed by atoms with Gasteiger partial charge in [-0.3, -0.25) is 0 Å². The quantitative estimate of drug-likeness (QED) is 0.780. The Bertz CT molecular complexity index is 191. The summed E-state index contributed by atoms with van der Waals surface area (Å²) in [5.41, 5.74) is 0.0220. The molecule has 0 aromatic carbocycles. The second-order valence-electron chi connectivity index (χ2n) is 6.58. The van der Waals surface area contributed by atoms with Crippen molar-refractivity contribution in [2.75, 3.05) is 20.1 Å². The van der Waals surface area contributed by atoms with Crippen molar-refractivity contribution in [3.8, 4) is 0 Å². The summed E-state index contributed by atoms with van der Waals surface area (Å²) in [5.74, 6) is 0.914. The molecule has 16 heavy (non-hydrogen) atoms. The number of hydrogen-bond donors (Lipinski definition) is 1. The van der Waals surface area contributed by atoms with Gasteiger partial charge in [-0.2, -0.15) is 0 Å². The highest BCUT2D eigenvalue weighted by atomic mass is 16.3. The molecular formula is C14H29NO. The van der Waals surface area contributed by atoms with E-state index in [1.54, 1.807) is 0 Å². The molecule has 0 aliphatic heterocycles. The first-order chi connectivity index (χ1) is 7.39. The van der Waals surface area contributed by atoms with Crippen molar-refractivity contribution in [1.29, 1.82) is 0 Å². The predicted octanol–water partition coefficient (Wildman–Crippen LogP) is 2.91. The van der Waals surface area contributed by atoms with E-state index >= 15 is 0 Å². The van der Waals surface area contributed by atoms with Crippen LogP contribution in [0.25, 0.3) is 0 Å². The second kappa shape index (κ2) is 6.02. The minimum atomic E-state index is -0.182. The molecule has 0 aromatic heterocycles. The highest BCUT2D eigenvalue weighted by Crippen LogP contribution is 2.26. The molecule has 1 N–H and O–H groups in total. The van der Waals surface area contributed by atoms with Crippen molar-refractivity contribution in [1.82, 2.24) is 4.90 Å². The van der Waals surface area contributed by atoms with Crippen LogP contribution in [0.3, 0.4) is 0 Å². The first kappa shape index (κ1) is 14.0. The number of aliphatic hydroxyl groups is 1. The van der Waals surface area contributed by atoms with Crippen molar-refractivity contribution in [3.63, 3.8) is 0 Å². The van der Waals surface area contributed by atoms with Crippen LogP contribution in [0, 0.1) is 11.3 Å². The summed E-state index contributed by atoms with van der Waals surface area (Å²) in [6, 6.07) is 0. The van der Waals surface area contributed by atoms with Crippen LogP contribution in [0.2, 0.25) is 0 Å². The normalized spacial score (nSPS) is 20.6. The molecule has 2 heteroatoms. The van der Waals surface area contributed by atoms with Crippen LogP contribution in [0.4, 0.5) is 0 Å². The van der Waals surface area contributed by atoms with Crippen LogP contribution in [0.1, 0.15) is 52.9 Å². The van der Waals surface area contributed by atoms with E-state index in [1.165, 1.54) is 32.2 Å². The van der Waals surface area contributed by atoms with Crippen molar-refractivity contribution in [2.24, 2.45) is 11.3 Å². The summed E-state index contributed by atoms with van der Waals surface area (Å²) in [4.78, 5) is 2.39. The molecule has 1 aliphatic carbocycles. The molecule has 1 rings (SSSR count). The first-order valence-corrected chi connectivity index (χ1v) is 6.76. The predicted molar refractivity (Wildman–Crippen MR) is 69.5 cm³/mol. The fourth-order valence-electron chi connectivity index (χ4n) is 2.50. The van der Waals surface area contributed by atoms with Crippen LogP contribution < -0.4 is 0 Å². The van der Waals surface area contributed by atoms with Gasteiger partial charge in [0.25, 0.3) is 0 Å². The number of rotatable bonds is 5. The van der Waals surface area contributed by atoms with E-state index in [9.17, 15) is 5.11 Å². The molecule has 0 bridgehead atoms. The van der Waals surface area contributed by atoms with Crippen molar-refractivity contribution < 1.29 is 5.11 Å². The van der Waals surface area contributed by atoms with E-state index in [4.69, 9.17) is 0 Å². The summed E-state index contributed by atoms with van der Waals surface area (Å²) < 4.78 is 0. The topological polar surface area (TPSA) is 23.5 Å². The van der Waals surface area contributed by atoms with Gasteiger partial charge in [0.2, 0.25) is 0 Å². The zero-order chi connectivity index (χ0) is 12.2. The second-order valence-corrected chi connectivity index (χ2v) is 6.58. The molecule has 0 spiro atoms. The van der Waals surface area contributed by atoms with E-state index in [-0.39, 0.29) is 11.5 Å². The molecule has 2 nitrogen and oxygen atoms in total. The monoisotopic (exact) mass is 227 g/mol. The Morgan fingerprint density at radius 3 is 2.31 bits per heavy atom. The molecule has 1 aliphatic rings. The van der Waals surface area contributed by atoms with Gasteiger partial charge >= 0.3 is 0 Å². The molecule has 0 heterocycles. The van der Waals surface area contributed by atoms with Gasteiger partial charge in [-0.15, -0.1) is 0 Å². The van der Waals surface area contributed by atoms with Gasteiger partial charge in [0.05, 0.1) is 6.10 Å². The van der Waals surface area contributed by atoms with Crippen LogP contribution in [-0.2, 0) is 0 Å². The minimum absolute atomic E-state index is 0.0220. The first-order valence-electron chi connectivity index (χ1n) is 6.76. The van der Waals surface area contributed by atoms with E-state index in [0.29, 0.717) is 0 Å². The van der Waals surface area contributed by atoms with E-state index in [0.717, 1.165) is 18.9 Å². The Morgan fingerprint density at radius 2 is 1.81 bits per heavy atom. The smallest absolute Gasteiger partial charge is 0.0600 e. The maximum atomic E-state index is 9.97. The fraction of sp³-hybridized carbons (Fsp3) is 1.00. The molecule has 0 amide bonds. The summed E-state index contributed by atoms with van der Waals surface area (Å²) in [6.45, 7) is 8.56. The van der Waals surface area contributed by atoms with Crippen LogP contribution >= 0.6 is 0 Å². The standard InChI is InChI=1S/C14H29NO/c1-14(2,3)13(16)9-10-15(4)11-12-7-5-6-8-12/h12-13,16H,5-11H2,1-4H3. The van der Waals surface area contributed by atoms with Gasteiger partial charge in [-0.05, 0) is 37.6 Å². The van der Waals surface area contributed by atoms with Crippen molar-refractivity contribution >= 4 is 0 Å². The molecule has 1 unspecified atom stereocenters. The van der Waals surface area contributed by atoms with E-state index < -0.39 is 0 Å². The van der Waals surface area contributed by atoms with Crippen molar-refractivity contribution in [2.45, 2.75) is 59.0 Å². The molecule has 1 saturated carbocycles. The zero-order valence-corrected chi connectivity index (χ0v) is 11.5. The van der Waals surface area contributed by atoms with E-state index in [2.05, 4.69) is 32.7 Å². The highest BCUT2D eigenvalue weighted by molar-refractivity contribution is 4.75. The van der Waals surface area contributed by atoms with Gasteiger partial charge < -0.3 is 10.0 Å². The Hall–Kier alpha value is -0.0800. The Kier molecular flexibility index (Phi) is 5.26. The lowest BCUT2D eigenvalue weighted by Crippen LogP contribution is -2.32. The SMILES string of the molecule is CN(CCC(O)C(C)(C)C)CC1CCCC1. The van der Waals surface area contributed by atoms with Gasteiger partial charge in [-0.1, -0.05) is 33.6 Å². The van der Waals surface area contributed by atoms with Crippen LogP contribution in [0.15, 0.2) is 0 Å². The fourth-order valence-corrected chi connectivity index (χ4v) is 2.50. The van der Waals surface area contributed by atoms with Crippen LogP contribution in [0.5, 0.6) is 0 Å². The Labute approximate surface area is 101 Å². The van der Waals surface area contributed by atoms with Crippen LogP contribution in [-0.4, -0.2) is 36.2 Å². The summed E-state index contributed by atoms with van der Waals surface area (Å²) >= 11 is 0. The summed E-state index contributed by atoms with van der Waals surface area (Å²) in [6.07, 6.45) is 6.37. The summed E-state index contributed by atoms with van der Waals surface area (Å²) in [7, 11) is 2.19. The van der Waals surface area contributed by atoms with E-state index in [1.807, 2.05) is 0 Å². The van der Waals surface area contributed by atoms with Gasteiger partial charge in [0.15, 0.2) is 0 Å². The number of hydrogen-bond acceptors (Lipinski definition) is 2. The molecule has 96 valence electrons.